The monoisotopic (exact) mass is 255 g/mol. The molecule has 1 aromatic rings. The highest BCUT2D eigenvalue weighted by molar-refractivity contribution is 5.85. The van der Waals surface area contributed by atoms with Crippen molar-refractivity contribution in [3.63, 3.8) is 0 Å². The number of halogens is 1. The number of aromatic hydroxyl groups is 1. The number of likely N-dealkylation sites (tertiary alicyclic amines) is 1. The third kappa shape index (κ3) is 1.98. The van der Waals surface area contributed by atoms with Gasteiger partial charge in [0, 0.05) is 11.5 Å². The lowest BCUT2D eigenvalue weighted by Gasteiger charge is -2.42. The second-order valence-corrected chi connectivity index (χ2v) is 4.80. The van der Waals surface area contributed by atoms with Crippen LogP contribution in [0.3, 0.4) is 0 Å². The Bertz CT molecular complexity index is 410. The van der Waals surface area contributed by atoms with Crippen molar-refractivity contribution in [2.75, 3.05) is 20.2 Å². The second kappa shape index (κ2) is 4.75. The number of phenols is 1. The number of ether oxygens (including phenoxy) is 1. The van der Waals surface area contributed by atoms with Crippen molar-refractivity contribution in [2.24, 2.45) is 0 Å². The molecule has 3 nitrogen and oxygen atoms in total. The van der Waals surface area contributed by atoms with E-state index in [2.05, 4.69) is 18.0 Å². The lowest BCUT2D eigenvalue weighted by Crippen LogP contribution is -2.47. The largest absolute Gasteiger partial charge is 0.504 e. The smallest absolute Gasteiger partial charge is 0.164 e. The van der Waals surface area contributed by atoms with Crippen molar-refractivity contribution >= 4 is 12.4 Å². The molecule has 94 valence electrons. The Morgan fingerprint density at radius 3 is 3.06 bits per heavy atom. The lowest BCUT2D eigenvalue weighted by molar-refractivity contribution is 0.0849. The summed E-state index contributed by atoms with van der Waals surface area (Å²) in [4.78, 5) is 2.38. The Morgan fingerprint density at radius 2 is 2.24 bits per heavy atom. The van der Waals surface area contributed by atoms with Gasteiger partial charge < -0.3 is 9.84 Å². The van der Waals surface area contributed by atoms with E-state index in [0.29, 0.717) is 24.3 Å². The standard InChI is InChI=1S/C13H17NO2.ClH/c1-14-7-3-5-9-10-4-2-6-12(15)13(10)16-8-11(9)14;/h2,4,6,9,11,15H,3,5,7-8H2,1H3;1H/t9-,11-;/m0./s1. The summed E-state index contributed by atoms with van der Waals surface area (Å²) in [5.74, 6) is 1.51. The highest BCUT2D eigenvalue weighted by atomic mass is 35.5. The number of hydrogen-bond donors (Lipinski definition) is 1. The maximum atomic E-state index is 9.77. The fraction of sp³-hybridized carbons (Fsp3) is 0.538. The summed E-state index contributed by atoms with van der Waals surface area (Å²) in [6.07, 6.45) is 2.43. The van der Waals surface area contributed by atoms with Gasteiger partial charge in [0.15, 0.2) is 11.5 Å². The van der Waals surface area contributed by atoms with Crippen molar-refractivity contribution in [1.29, 1.82) is 0 Å². The summed E-state index contributed by atoms with van der Waals surface area (Å²) in [7, 11) is 2.16. The van der Waals surface area contributed by atoms with Gasteiger partial charge in [0.05, 0.1) is 6.04 Å². The zero-order valence-electron chi connectivity index (χ0n) is 9.93. The molecule has 17 heavy (non-hydrogen) atoms. The quantitative estimate of drug-likeness (QED) is 0.773. The van der Waals surface area contributed by atoms with E-state index in [-0.39, 0.29) is 18.2 Å². The highest BCUT2D eigenvalue weighted by Crippen LogP contribution is 2.44. The molecule has 0 amide bonds. The van der Waals surface area contributed by atoms with Crippen LogP contribution in [0.4, 0.5) is 0 Å². The van der Waals surface area contributed by atoms with Crippen molar-refractivity contribution in [3.05, 3.63) is 23.8 Å². The molecule has 0 aromatic heterocycles. The predicted molar refractivity (Wildman–Crippen MR) is 69.2 cm³/mol. The van der Waals surface area contributed by atoms with E-state index in [9.17, 15) is 5.11 Å². The zero-order chi connectivity index (χ0) is 11.1. The van der Waals surface area contributed by atoms with Gasteiger partial charge in [-0.3, -0.25) is 4.90 Å². The molecule has 1 saturated heterocycles. The van der Waals surface area contributed by atoms with Crippen LogP contribution in [0.1, 0.15) is 24.3 Å². The van der Waals surface area contributed by atoms with Gasteiger partial charge in [-0.25, -0.2) is 0 Å². The fourth-order valence-electron chi connectivity index (χ4n) is 2.99. The van der Waals surface area contributed by atoms with Gasteiger partial charge in [0.2, 0.25) is 0 Å². The van der Waals surface area contributed by atoms with E-state index in [1.54, 1.807) is 6.07 Å². The Balaban J connectivity index is 0.00000108. The first-order valence-electron chi connectivity index (χ1n) is 5.92. The molecule has 2 aliphatic rings. The van der Waals surface area contributed by atoms with Gasteiger partial charge in [0.1, 0.15) is 6.61 Å². The van der Waals surface area contributed by atoms with E-state index < -0.39 is 0 Å². The Kier molecular flexibility index (Phi) is 3.50. The van der Waals surface area contributed by atoms with E-state index in [1.165, 1.54) is 18.4 Å². The maximum absolute atomic E-state index is 9.77. The molecular formula is C13H18ClNO2. The van der Waals surface area contributed by atoms with Gasteiger partial charge in [-0.15, -0.1) is 12.4 Å². The first-order chi connectivity index (χ1) is 7.77. The van der Waals surface area contributed by atoms with Crippen molar-refractivity contribution < 1.29 is 9.84 Å². The van der Waals surface area contributed by atoms with Crippen molar-refractivity contribution in [1.82, 2.24) is 4.90 Å². The van der Waals surface area contributed by atoms with Crippen LogP contribution in [0.25, 0.3) is 0 Å². The summed E-state index contributed by atoms with van der Waals surface area (Å²) in [6, 6.07) is 6.17. The molecule has 2 heterocycles. The molecule has 0 saturated carbocycles. The Labute approximate surface area is 108 Å². The van der Waals surface area contributed by atoms with E-state index in [0.717, 1.165) is 6.54 Å². The predicted octanol–water partition coefficient (Wildman–Crippen LogP) is 2.38. The van der Waals surface area contributed by atoms with Crippen LogP contribution in [-0.2, 0) is 0 Å². The molecule has 0 bridgehead atoms. The topological polar surface area (TPSA) is 32.7 Å². The van der Waals surface area contributed by atoms with E-state index >= 15 is 0 Å². The minimum absolute atomic E-state index is 0. The normalized spacial score (nSPS) is 27.4. The first-order valence-corrected chi connectivity index (χ1v) is 5.92. The summed E-state index contributed by atoms with van der Waals surface area (Å²) >= 11 is 0. The molecule has 1 N–H and O–H groups in total. The molecule has 0 radical (unpaired) electrons. The average molecular weight is 256 g/mol. The Hall–Kier alpha value is -0.930. The Morgan fingerprint density at radius 1 is 1.41 bits per heavy atom. The summed E-state index contributed by atoms with van der Waals surface area (Å²) in [6.45, 7) is 1.85. The van der Waals surface area contributed by atoms with Crippen molar-refractivity contribution in [2.45, 2.75) is 24.8 Å². The molecule has 2 aliphatic heterocycles. The number of phenolic OH excluding ortho intramolecular Hbond substituents is 1. The van der Waals surface area contributed by atoms with Gasteiger partial charge in [-0.05, 0) is 32.5 Å². The average Bonchev–Trinajstić information content (AvgIpc) is 2.30. The number of piperidine rings is 1. The number of fused-ring (bicyclic) bond motifs is 3. The van der Waals surface area contributed by atoms with Crippen LogP contribution in [0.15, 0.2) is 18.2 Å². The number of likely N-dealkylation sites (N-methyl/N-ethyl adjacent to an activating group) is 1. The number of rotatable bonds is 0. The summed E-state index contributed by atoms with van der Waals surface area (Å²) < 4.78 is 5.70. The van der Waals surface area contributed by atoms with Crippen LogP contribution >= 0.6 is 12.4 Å². The SMILES string of the molecule is CN1CCC[C@H]2c3cccc(O)c3OC[C@@H]21.Cl. The molecule has 2 atom stereocenters. The minimum Gasteiger partial charge on any atom is -0.504 e. The highest BCUT2D eigenvalue weighted by Gasteiger charge is 2.36. The van der Waals surface area contributed by atoms with Crippen LogP contribution in [0.2, 0.25) is 0 Å². The summed E-state index contributed by atoms with van der Waals surface area (Å²) in [5.41, 5.74) is 1.18. The van der Waals surface area contributed by atoms with Crippen LogP contribution in [0.5, 0.6) is 11.5 Å². The van der Waals surface area contributed by atoms with E-state index in [1.807, 2.05) is 6.07 Å². The number of benzene rings is 1. The third-order valence-corrected chi connectivity index (χ3v) is 3.88. The number of nitrogens with zero attached hydrogens (tertiary/aromatic N) is 1. The first kappa shape index (κ1) is 12.5. The molecular weight excluding hydrogens is 238 g/mol. The van der Waals surface area contributed by atoms with Crippen LogP contribution in [0, 0.1) is 0 Å². The third-order valence-electron chi connectivity index (χ3n) is 3.88. The van der Waals surface area contributed by atoms with Gasteiger partial charge in [-0.2, -0.15) is 0 Å². The number of para-hydroxylation sites is 1. The molecule has 0 aliphatic carbocycles. The van der Waals surface area contributed by atoms with Crippen molar-refractivity contribution in [3.8, 4) is 11.5 Å². The molecule has 1 fully saturated rings. The lowest BCUT2D eigenvalue weighted by atomic mass is 9.82. The van der Waals surface area contributed by atoms with Crippen LogP contribution in [-0.4, -0.2) is 36.2 Å². The van der Waals surface area contributed by atoms with E-state index in [4.69, 9.17) is 4.74 Å². The number of hydrogen-bond acceptors (Lipinski definition) is 3. The minimum atomic E-state index is 0. The maximum Gasteiger partial charge on any atom is 0.164 e. The summed E-state index contributed by atoms with van der Waals surface area (Å²) in [5, 5.41) is 9.77. The molecule has 4 heteroatoms. The molecule has 0 spiro atoms. The van der Waals surface area contributed by atoms with Gasteiger partial charge in [-0.1, -0.05) is 12.1 Å². The molecule has 3 rings (SSSR count). The molecule has 0 unspecified atom stereocenters. The molecule has 1 aromatic carbocycles. The van der Waals surface area contributed by atoms with Gasteiger partial charge in [0.25, 0.3) is 0 Å². The second-order valence-electron chi connectivity index (χ2n) is 4.80. The van der Waals surface area contributed by atoms with Gasteiger partial charge >= 0.3 is 0 Å². The fourth-order valence-corrected chi connectivity index (χ4v) is 2.99. The van der Waals surface area contributed by atoms with Crippen LogP contribution < -0.4 is 4.74 Å². The zero-order valence-corrected chi connectivity index (χ0v) is 10.7.